The molecule has 0 aliphatic carbocycles. The van der Waals surface area contributed by atoms with E-state index in [0.29, 0.717) is 18.6 Å². The topological polar surface area (TPSA) is 83.5 Å². The molecule has 1 amide bonds. The molecule has 8 heteroatoms. The number of carbonyl (C=O) groups is 1. The van der Waals surface area contributed by atoms with Crippen molar-refractivity contribution in [1.82, 2.24) is 14.9 Å². The van der Waals surface area contributed by atoms with E-state index in [4.69, 9.17) is 0 Å². The van der Waals surface area contributed by atoms with Gasteiger partial charge in [0.25, 0.3) is 0 Å². The van der Waals surface area contributed by atoms with Gasteiger partial charge >= 0.3 is 0 Å². The molecule has 1 aliphatic heterocycles. The summed E-state index contributed by atoms with van der Waals surface area (Å²) in [6.07, 6.45) is 3.54. The van der Waals surface area contributed by atoms with Crippen LogP contribution in [0.3, 0.4) is 0 Å². The number of carbonyl (C=O) groups excluding carboxylic acids is 1. The molecule has 1 aliphatic rings. The van der Waals surface area contributed by atoms with Crippen LogP contribution in [-0.2, 0) is 14.6 Å². The van der Waals surface area contributed by atoms with Crippen molar-refractivity contribution < 1.29 is 13.2 Å². The molecule has 140 valence electrons. The molecule has 3 rings (SSSR count). The third kappa shape index (κ3) is 3.80. The molecule has 0 spiro atoms. The molecule has 1 aromatic carbocycles. The van der Waals surface area contributed by atoms with Crippen LogP contribution in [0.25, 0.3) is 10.9 Å². The fourth-order valence-corrected chi connectivity index (χ4v) is 3.87. The number of rotatable bonds is 3. The normalized spacial score (nSPS) is 16.2. The van der Waals surface area contributed by atoms with Crippen LogP contribution in [0.2, 0.25) is 0 Å². The molecule has 0 saturated carbocycles. The van der Waals surface area contributed by atoms with Gasteiger partial charge in [0.1, 0.15) is 12.1 Å². The Kier molecular flexibility index (Phi) is 5.13. The zero-order valence-electron chi connectivity index (χ0n) is 15.3. The number of hydrogen-bond donors (Lipinski definition) is 0. The first-order chi connectivity index (χ1) is 12.3. The van der Waals surface area contributed by atoms with Gasteiger partial charge in [0.15, 0.2) is 9.84 Å². The second-order valence-corrected chi connectivity index (χ2v) is 8.98. The van der Waals surface area contributed by atoms with Crippen molar-refractivity contribution in [3.8, 4) is 0 Å². The van der Waals surface area contributed by atoms with Crippen molar-refractivity contribution in [3.63, 3.8) is 0 Å². The summed E-state index contributed by atoms with van der Waals surface area (Å²) in [6.45, 7) is 6.61. The summed E-state index contributed by atoms with van der Waals surface area (Å²) in [5, 5.41) is 0.721. The van der Waals surface area contributed by atoms with Crippen LogP contribution in [0.15, 0.2) is 29.4 Å². The smallest absolute Gasteiger partial charge is 0.225 e. The number of benzene rings is 1. The Morgan fingerprint density at radius 2 is 1.88 bits per heavy atom. The lowest BCUT2D eigenvalue weighted by Gasteiger charge is -2.24. The third-order valence-electron chi connectivity index (χ3n) is 4.61. The van der Waals surface area contributed by atoms with E-state index < -0.39 is 9.84 Å². The Balaban J connectivity index is 1.94. The highest BCUT2D eigenvalue weighted by Gasteiger charge is 2.23. The second kappa shape index (κ2) is 7.19. The lowest BCUT2D eigenvalue weighted by Crippen LogP contribution is -2.37. The van der Waals surface area contributed by atoms with Crippen molar-refractivity contribution >= 4 is 32.5 Å². The minimum absolute atomic E-state index is 0.0150. The minimum atomic E-state index is -3.31. The van der Waals surface area contributed by atoms with E-state index in [9.17, 15) is 13.2 Å². The van der Waals surface area contributed by atoms with Crippen LogP contribution in [0, 0.1) is 5.92 Å². The van der Waals surface area contributed by atoms with Gasteiger partial charge in [-0.25, -0.2) is 18.4 Å². The number of aromatic nitrogens is 2. The van der Waals surface area contributed by atoms with Crippen LogP contribution < -0.4 is 4.90 Å². The van der Waals surface area contributed by atoms with E-state index in [1.54, 1.807) is 18.2 Å². The second-order valence-electron chi connectivity index (χ2n) is 6.97. The van der Waals surface area contributed by atoms with Gasteiger partial charge in [-0.3, -0.25) is 4.79 Å². The summed E-state index contributed by atoms with van der Waals surface area (Å²) in [4.78, 5) is 25.2. The number of nitrogens with zero attached hydrogens (tertiary/aromatic N) is 4. The monoisotopic (exact) mass is 376 g/mol. The largest absolute Gasteiger partial charge is 0.354 e. The molecule has 0 radical (unpaired) electrons. The quantitative estimate of drug-likeness (QED) is 0.811. The van der Waals surface area contributed by atoms with Gasteiger partial charge < -0.3 is 9.80 Å². The first-order valence-corrected chi connectivity index (χ1v) is 10.6. The molecular formula is C18H24N4O3S. The maximum Gasteiger partial charge on any atom is 0.225 e. The molecule has 0 atom stereocenters. The molecule has 1 fully saturated rings. The van der Waals surface area contributed by atoms with Gasteiger partial charge in [0.2, 0.25) is 5.91 Å². The van der Waals surface area contributed by atoms with Gasteiger partial charge in [-0.15, -0.1) is 0 Å². The molecule has 26 heavy (non-hydrogen) atoms. The van der Waals surface area contributed by atoms with Gasteiger partial charge in [-0.1, -0.05) is 13.8 Å². The zero-order chi connectivity index (χ0) is 18.9. The van der Waals surface area contributed by atoms with Crippen LogP contribution in [0.5, 0.6) is 0 Å². The van der Waals surface area contributed by atoms with Crippen LogP contribution in [0.4, 0.5) is 5.82 Å². The summed E-state index contributed by atoms with van der Waals surface area (Å²) in [5.74, 6) is 0.872. The van der Waals surface area contributed by atoms with Crippen molar-refractivity contribution in [3.05, 3.63) is 24.5 Å². The SMILES string of the molecule is CC(C)C(=O)N1CCCN(c2ncnc3ccc(S(C)(=O)=O)cc23)CC1. The van der Waals surface area contributed by atoms with Gasteiger partial charge in [-0.05, 0) is 24.6 Å². The molecule has 2 heterocycles. The van der Waals surface area contributed by atoms with E-state index in [1.807, 2.05) is 18.7 Å². The molecule has 0 bridgehead atoms. The number of anilines is 1. The Bertz CT molecular complexity index is 927. The summed E-state index contributed by atoms with van der Waals surface area (Å²) < 4.78 is 23.8. The van der Waals surface area contributed by atoms with Gasteiger partial charge in [0, 0.05) is 43.7 Å². The maximum atomic E-state index is 12.3. The lowest BCUT2D eigenvalue weighted by atomic mass is 10.2. The predicted molar refractivity (Wildman–Crippen MR) is 101 cm³/mol. The highest BCUT2D eigenvalue weighted by Crippen LogP contribution is 2.26. The summed E-state index contributed by atoms with van der Waals surface area (Å²) in [6, 6.07) is 4.92. The molecule has 1 aromatic heterocycles. The van der Waals surface area contributed by atoms with Crippen molar-refractivity contribution in [2.75, 3.05) is 37.3 Å². The average molecular weight is 376 g/mol. The Hall–Kier alpha value is -2.22. The van der Waals surface area contributed by atoms with E-state index in [1.165, 1.54) is 12.6 Å². The lowest BCUT2D eigenvalue weighted by molar-refractivity contribution is -0.134. The first-order valence-electron chi connectivity index (χ1n) is 8.76. The number of amides is 1. The average Bonchev–Trinajstić information content (AvgIpc) is 2.85. The Morgan fingerprint density at radius 3 is 2.58 bits per heavy atom. The fraction of sp³-hybridized carbons (Fsp3) is 0.500. The molecular weight excluding hydrogens is 352 g/mol. The number of hydrogen-bond acceptors (Lipinski definition) is 6. The number of sulfone groups is 1. The summed E-state index contributed by atoms with van der Waals surface area (Å²) >= 11 is 0. The van der Waals surface area contributed by atoms with Crippen LogP contribution in [-0.4, -0.2) is 61.6 Å². The van der Waals surface area contributed by atoms with Crippen molar-refractivity contribution in [2.24, 2.45) is 5.92 Å². The number of fused-ring (bicyclic) bond motifs is 1. The third-order valence-corrected chi connectivity index (χ3v) is 5.73. The van der Waals surface area contributed by atoms with Crippen LogP contribution >= 0.6 is 0 Å². The van der Waals surface area contributed by atoms with Gasteiger partial charge in [-0.2, -0.15) is 0 Å². The Morgan fingerprint density at radius 1 is 1.12 bits per heavy atom. The van der Waals surface area contributed by atoms with Gasteiger partial charge in [0.05, 0.1) is 10.4 Å². The van der Waals surface area contributed by atoms with Crippen molar-refractivity contribution in [1.29, 1.82) is 0 Å². The summed E-state index contributed by atoms with van der Waals surface area (Å²) in [7, 11) is -3.31. The maximum absolute atomic E-state index is 12.3. The standard InChI is InChI=1S/C18H24N4O3S/c1-13(2)18(23)22-8-4-7-21(9-10-22)17-15-11-14(26(3,24)25)5-6-16(15)19-12-20-17/h5-6,11-13H,4,7-10H2,1-3H3. The molecule has 7 nitrogen and oxygen atoms in total. The Labute approximate surface area is 154 Å². The molecule has 0 N–H and O–H groups in total. The molecule has 2 aromatic rings. The first kappa shape index (κ1) is 18.6. The highest BCUT2D eigenvalue weighted by molar-refractivity contribution is 7.90. The molecule has 1 saturated heterocycles. The van der Waals surface area contributed by atoms with E-state index in [0.717, 1.165) is 30.7 Å². The highest BCUT2D eigenvalue weighted by atomic mass is 32.2. The molecule has 0 unspecified atom stereocenters. The van der Waals surface area contributed by atoms with Crippen LogP contribution in [0.1, 0.15) is 20.3 Å². The van der Waals surface area contributed by atoms with E-state index in [-0.39, 0.29) is 16.7 Å². The summed E-state index contributed by atoms with van der Waals surface area (Å²) in [5.41, 5.74) is 0.710. The van der Waals surface area contributed by atoms with E-state index in [2.05, 4.69) is 14.9 Å². The zero-order valence-corrected chi connectivity index (χ0v) is 16.2. The van der Waals surface area contributed by atoms with Crippen molar-refractivity contribution in [2.45, 2.75) is 25.2 Å². The minimum Gasteiger partial charge on any atom is -0.354 e. The fourth-order valence-electron chi connectivity index (χ4n) is 3.22. The van der Waals surface area contributed by atoms with E-state index >= 15 is 0 Å². The predicted octanol–water partition coefficient (Wildman–Crippen LogP) is 1.73.